The first-order valence-corrected chi connectivity index (χ1v) is 11.6. The van der Waals surface area contributed by atoms with E-state index >= 15 is 0 Å². The molecule has 0 aliphatic carbocycles. The highest BCUT2D eigenvalue weighted by atomic mass is 127. The van der Waals surface area contributed by atoms with Crippen molar-refractivity contribution in [2.45, 2.75) is 0 Å². The first kappa shape index (κ1) is 18.6. The van der Waals surface area contributed by atoms with Crippen molar-refractivity contribution in [1.82, 2.24) is 0 Å². The minimum absolute atomic E-state index is 1.26. The summed E-state index contributed by atoms with van der Waals surface area (Å²) in [5.74, 6) is 0. The zero-order chi connectivity index (χ0) is 20.8. The van der Waals surface area contributed by atoms with E-state index in [1.165, 1.54) is 58.1 Å². The standard InChI is InChI=1S/C30H19I/c31-30-28(27-14-6-10-21-8-2-4-12-25(21)27)18-17-22-15-16-23(19-29(22)30)26-13-5-9-20-7-1-3-11-24(20)26/h1-19H. The number of hydrogen-bond acceptors (Lipinski definition) is 0. The van der Waals surface area contributed by atoms with E-state index < -0.39 is 0 Å². The van der Waals surface area contributed by atoms with Crippen LogP contribution in [-0.4, -0.2) is 0 Å². The van der Waals surface area contributed by atoms with Crippen LogP contribution in [0, 0.1) is 3.57 Å². The molecule has 0 fully saturated rings. The molecule has 6 rings (SSSR count). The van der Waals surface area contributed by atoms with Crippen molar-refractivity contribution in [3.63, 3.8) is 0 Å². The second-order valence-electron chi connectivity index (χ2n) is 7.92. The number of rotatable bonds is 2. The van der Waals surface area contributed by atoms with Crippen LogP contribution in [0.4, 0.5) is 0 Å². The van der Waals surface area contributed by atoms with Gasteiger partial charge in [-0.1, -0.05) is 109 Å². The van der Waals surface area contributed by atoms with Gasteiger partial charge in [0.2, 0.25) is 0 Å². The minimum Gasteiger partial charge on any atom is -0.0616 e. The van der Waals surface area contributed by atoms with Crippen LogP contribution in [0.5, 0.6) is 0 Å². The third-order valence-electron chi connectivity index (χ3n) is 6.14. The van der Waals surface area contributed by atoms with Gasteiger partial charge >= 0.3 is 0 Å². The lowest BCUT2D eigenvalue weighted by Crippen LogP contribution is -1.89. The molecule has 146 valence electrons. The number of halogens is 1. The molecule has 0 saturated carbocycles. The minimum atomic E-state index is 1.26. The normalized spacial score (nSPS) is 11.4. The monoisotopic (exact) mass is 506 g/mol. The molecule has 31 heavy (non-hydrogen) atoms. The van der Waals surface area contributed by atoms with Gasteiger partial charge in [0.1, 0.15) is 0 Å². The molecule has 0 spiro atoms. The van der Waals surface area contributed by atoms with Gasteiger partial charge in [0, 0.05) is 3.57 Å². The molecule has 6 aromatic rings. The Morgan fingerprint density at radius 1 is 0.387 bits per heavy atom. The highest BCUT2D eigenvalue weighted by Gasteiger charge is 2.12. The SMILES string of the molecule is Ic1c(-c2cccc3ccccc23)ccc2ccc(-c3cccc4ccccc34)cc12. The van der Waals surface area contributed by atoms with Crippen molar-refractivity contribution in [1.29, 1.82) is 0 Å². The van der Waals surface area contributed by atoms with Crippen LogP contribution >= 0.6 is 22.6 Å². The zero-order valence-electron chi connectivity index (χ0n) is 16.8. The van der Waals surface area contributed by atoms with Gasteiger partial charge in [-0.15, -0.1) is 0 Å². The molecule has 0 N–H and O–H groups in total. The molecular weight excluding hydrogens is 487 g/mol. The Kier molecular flexibility index (Phi) is 4.50. The molecule has 6 aromatic carbocycles. The molecule has 0 saturated heterocycles. The average Bonchev–Trinajstić information content (AvgIpc) is 2.84. The largest absolute Gasteiger partial charge is 0.0616 e. The summed E-state index contributed by atoms with van der Waals surface area (Å²) in [5.41, 5.74) is 5.13. The molecule has 0 amide bonds. The highest BCUT2D eigenvalue weighted by Crippen LogP contribution is 2.38. The Labute approximate surface area is 195 Å². The van der Waals surface area contributed by atoms with Gasteiger partial charge in [-0.05, 0) is 83.2 Å². The van der Waals surface area contributed by atoms with E-state index in [-0.39, 0.29) is 0 Å². The summed E-state index contributed by atoms with van der Waals surface area (Å²) in [5, 5.41) is 7.73. The molecule has 0 nitrogen and oxygen atoms in total. The summed E-state index contributed by atoms with van der Waals surface area (Å²) >= 11 is 2.53. The fourth-order valence-electron chi connectivity index (χ4n) is 4.60. The smallest absolute Gasteiger partial charge is 0.0287 e. The van der Waals surface area contributed by atoms with Crippen LogP contribution in [0.1, 0.15) is 0 Å². The lowest BCUT2D eigenvalue weighted by molar-refractivity contribution is 1.63. The van der Waals surface area contributed by atoms with E-state index in [1.54, 1.807) is 0 Å². The Bertz CT molecular complexity index is 1580. The maximum absolute atomic E-state index is 2.53. The maximum atomic E-state index is 2.53. The second kappa shape index (κ2) is 7.51. The number of benzene rings is 6. The summed E-state index contributed by atoms with van der Waals surface area (Å²) in [6.45, 7) is 0. The Morgan fingerprint density at radius 2 is 0.935 bits per heavy atom. The van der Waals surface area contributed by atoms with E-state index in [0.717, 1.165) is 0 Å². The Hall–Kier alpha value is -3.17. The molecule has 0 aromatic heterocycles. The molecule has 0 aliphatic rings. The number of hydrogen-bond donors (Lipinski definition) is 0. The van der Waals surface area contributed by atoms with Crippen LogP contribution < -0.4 is 0 Å². The van der Waals surface area contributed by atoms with Gasteiger partial charge < -0.3 is 0 Å². The van der Waals surface area contributed by atoms with Gasteiger partial charge in [-0.25, -0.2) is 0 Å². The van der Waals surface area contributed by atoms with Crippen molar-refractivity contribution in [2.75, 3.05) is 0 Å². The fraction of sp³-hybridized carbons (Fsp3) is 0. The first-order valence-electron chi connectivity index (χ1n) is 10.5. The van der Waals surface area contributed by atoms with E-state index in [4.69, 9.17) is 0 Å². The van der Waals surface area contributed by atoms with Gasteiger partial charge in [-0.2, -0.15) is 0 Å². The van der Waals surface area contributed by atoms with Crippen molar-refractivity contribution in [3.05, 3.63) is 119 Å². The third kappa shape index (κ3) is 3.12. The van der Waals surface area contributed by atoms with Crippen molar-refractivity contribution in [2.24, 2.45) is 0 Å². The summed E-state index contributed by atoms with van der Waals surface area (Å²) in [7, 11) is 0. The summed E-state index contributed by atoms with van der Waals surface area (Å²) in [6, 6.07) is 41.8. The van der Waals surface area contributed by atoms with Crippen LogP contribution in [0.25, 0.3) is 54.6 Å². The summed E-state index contributed by atoms with van der Waals surface area (Å²) < 4.78 is 1.30. The molecule has 0 aliphatic heterocycles. The molecule has 0 radical (unpaired) electrons. The van der Waals surface area contributed by atoms with Crippen molar-refractivity contribution < 1.29 is 0 Å². The number of fused-ring (bicyclic) bond motifs is 3. The fourth-order valence-corrected chi connectivity index (χ4v) is 5.53. The molecule has 0 heterocycles. The molecule has 0 atom stereocenters. The van der Waals surface area contributed by atoms with Gasteiger partial charge in [-0.3, -0.25) is 0 Å². The van der Waals surface area contributed by atoms with Crippen molar-refractivity contribution in [3.8, 4) is 22.3 Å². The molecule has 0 unspecified atom stereocenters. The van der Waals surface area contributed by atoms with Gasteiger partial charge in [0.05, 0.1) is 0 Å². The van der Waals surface area contributed by atoms with E-state index in [1.807, 2.05) is 0 Å². The average molecular weight is 506 g/mol. The maximum Gasteiger partial charge on any atom is 0.0287 e. The quantitative estimate of drug-likeness (QED) is 0.206. The predicted octanol–water partition coefficient (Wildman–Crippen LogP) is 9.08. The van der Waals surface area contributed by atoms with Gasteiger partial charge in [0.25, 0.3) is 0 Å². The summed E-state index contributed by atoms with van der Waals surface area (Å²) in [6.07, 6.45) is 0. The molecule has 0 bridgehead atoms. The van der Waals surface area contributed by atoms with Crippen LogP contribution in [0.2, 0.25) is 0 Å². The molecular formula is C30H19I. The van der Waals surface area contributed by atoms with Crippen LogP contribution in [-0.2, 0) is 0 Å². The zero-order valence-corrected chi connectivity index (χ0v) is 19.0. The Balaban J connectivity index is 1.59. The van der Waals surface area contributed by atoms with Crippen LogP contribution in [0.3, 0.4) is 0 Å². The lowest BCUT2D eigenvalue weighted by Gasteiger charge is -2.13. The molecule has 1 heteroatoms. The summed E-state index contributed by atoms with van der Waals surface area (Å²) in [4.78, 5) is 0. The highest BCUT2D eigenvalue weighted by molar-refractivity contribution is 14.1. The van der Waals surface area contributed by atoms with Gasteiger partial charge in [0.15, 0.2) is 0 Å². The Morgan fingerprint density at radius 3 is 1.68 bits per heavy atom. The van der Waals surface area contributed by atoms with E-state index in [0.29, 0.717) is 0 Å². The first-order chi connectivity index (χ1) is 15.3. The van der Waals surface area contributed by atoms with Crippen molar-refractivity contribution >= 4 is 54.9 Å². The van der Waals surface area contributed by atoms with E-state index in [9.17, 15) is 0 Å². The van der Waals surface area contributed by atoms with Crippen LogP contribution in [0.15, 0.2) is 115 Å². The predicted molar refractivity (Wildman–Crippen MR) is 143 cm³/mol. The second-order valence-corrected chi connectivity index (χ2v) is 9.00. The van der Waals surface area contributed by atoms with E-state index in [2.05, 4.69) is 138 Å². The third-order valence-corrected chi connectivity index (χ3v) is 7.30. The lowest BCUT2D eigenvalue weighted by atomic mass is 9.93. The topological polar surface area (TPSA) is 0 Å².